The molecular weight excluding hydrogens is 556 g/mol. The second kappa shape index (κ2) is 8.62. The van der Waals surface area contributed by atoms with Gasteiger partial charge in [-0.3, -0.25) is 0 Å². The molecule has 0 fully saturated rings. The minimum Gasteiger partial charge on any atom is -0.456 e. The molecule has 1 unspecified atom stereocenters. The molecule has 0 amide bonds. The van der Waals surface area contributed by atoms with Gasteiger partial charge in [0.25, 0.3) is 0 Å². The Morgan fingerprint density at radius 2 is 0.935 bits per heavy atom. The average Bonchev–Trinajstić information content (AvgIpc) is 3.57. The van der Waals surface area contributed by atoms with E-state index in [2.05, 4.69) is 158 Å². The van der Waals surface area contributed by atoms with E-state index in [0.717, 1.165) is 17.1 Å². The first-order valence-corrected chi connectivity index (χ1v) is 16.0. The van der Waals surface area contributed by atoms with Crippen LogP contribution in [0.3, 0.4) is 0 Å². The standard InChI is InChI=1S/C45H26O/c1-2-12-28-26-40-36(24-27(28)11-1)33-15-4-7-20-39(33)45(40)38-19-6-3-14-32(38)35-18-10-17-31(44(35)45)30-23-29-13-9-22-42-43(29)37(25-30)34-16-5-8-21-41(34)46-42/h1-26H. The smallest absolute Gasteiger partial charge is 0.135 e. The summed E-state index contributed by atoms with van der Waals surface area (Å²) in [6, 6.07) is 58.4. The SMILES string of the molecule is c1ccc2c(c1)Oc1cccc3cc(-c4cccc5c4C4(c6ccccc6-c6cc7ccccc7cc64)c4ccccc4-5)cc-2c13. The zero-order valence-electron chi connectivity index (χ0n) is 24.9. The van der Waals surface area contributed by atoms with E-state index in [9.17, 15) is 0 Å². The molecule has 1 heterocycles. The van der Waals surface area contributed by atoms with E-state index < -0.39 is 5.41 Å². The highest BCUT2D eigenvalue weighted by Crippen LogP contribution is 2.65. The molecule has 11 rings (SSSR count). The van der Waals surface area contributed by atoms with Crippen molar-refractivity contribution in [1.82, 2.24) is 0 Å². The van der Waals surface area contributed by atoms with E-state index in [0.29, 0.717) is 0 Å². The third kappa shape index (κ3) is 2.91. The molecule has 3 aliphatic rings. The molecule has 1 atom stereocenters. The van der Waals surface area contributed by atoms with Crippen molar-refractivity contribution in [2.75, 3.05) is 0 Å². The molecule has 212 valence electrons. The van der Waals surface area contributed by atoms with Crippen LogP contribution in [0.25, 0.3) is 66.1 Å². The van der Waals surface area contributed by atoms with Crippen molar-refractivity contribution in [2.45, 2.75) is 5.41 Å². The van der Waals surface area contributed by atoms with Gasteiger partial charge in [-0.15, -0.1) is 0 Å². The second-order valence-electron chi connectivity index (χ2n) is 12.8. The lowest BCUT2D eigenvalue weighted by Crippen LogP contribution is -2.26. The minimum atomic E-state index is -0.437. The molecule has 1 nitrogen and oxygen atoms in total. The molecule has 0 saturated carbocycles. The van der Waals surface area contributed by atoms with Gasteiger partial charge >= 0.3 is 0 Å². The maximum Gasteiger partial charge on any atom is 0.135 e. The largest absolute Gasteiger partial charge is 0.456 e. The fourth-order valence-corrected chi connectivity index (χ4v) is 8.87. The monoisotopic (exact) mass is 582 g/mol. The van der Waals surface area contributed by atoms with E-state index in [1.807, 2.05) is 0 Å². The fourth-order valence-electron chi connectivity index (χ4n) is 8.87. The predicted octanol–water partition coefficient (Wildman–Crippen LogP) is 11.8. The maximum absolute atomic E-state index is 6.40. The highest BCUT2D eigenvalue weighted by Gasteiger charge is 2.52. The van der Waals surface area contributed by atoms with Gasteiger partial charge in [0.1, 0.15) is 11.5 Å². The molecule has 1 heteroatoms. The van der Waals surface area contributed by atoms with E-state index in [1.54, 1.807) is 0 Å². The van der Waals surface area contributed by atoms with Gasteiger partial charge in [0.2, 0.25) is 0 Å². The van der Waals surface area contributed by atoms with Gasteiger partial charge < -0.3 is 4.74 Å². The molecule has 0 aromatic heterocycles. The van der Waals surface area contributed by atoms with E-state index in [-0.39, 0.29) is 0 Å². The molecule has 8 aromatic rings. The highest BCUT2D eigenvalue weighted by atomic mass is 16.5. The Labute approximate surface area is 267 Å². The van der Waals surface area contributed by atoms with E-state index in [4.69, 9.17) is 4.74 Å². The summed E-state index contributed by atoms with van der Waals surface area (Å²) in [6.07, 6.45) is 0. The molecule has 1 spiro atoms. The van der Waals surface area contributed by atoms with Crippen molar-refractivity contribution >= 4 is 21.5 Å². The first kappa shape index (κ1) is 24.4. The van der Waals surface area contributed by atoms with Crippen molar-refractivity contribution in [3.63, 3.8) is 0 Å². The van der Waals surface area contributed by atoms with Gasteiger partial charge in [-0.25, -0.2) is 0 Å². The fraction of sp³-hybridized carbons (Fsp3) is 0.0222. The molecule has 8 aromatic carbocycles. The normalized spacial score (nSPS) is 16.1. The van der Waals surface area contributed by atoms with Crippen LogP contribution < -0.4 is 4.74 Å². The number of ether oxygens (including phenoxy) is 1. The summed E-state index contributed by atoms with van der Waals surface area (Å²) in [5.41, 5.74) is 15.2. The lowest BCUT2D eigenvalue weighted by atomic mass is 9.68. The third-order valence-electron chi connectivity index (χ3n) is 10.6. The Kier molecular flexibility index (Phi) is 4.57. The van der Waals surface area contributed by atoms with Gasteiger partial charge in [0.05, 0.1) is 5.41 Å². The molecule has 0 radical (unpaired) electrons. The first-order valence-electron chi connectivity index (χ1n) is 16.0. The van der Waals surface area contributed by atoms with Gasteiger partial charge in [0, 0.05) is 10.9 Å². The average molecular weight is 583 g/mol. The molecule has 1 aliphatic heterocycles. The quantitative estimate of drug-likeness (QED) is 0.187. The van der Waals surface area contributed by atoms with E-state index in [1.165, 1.54) is 82.7 Å². The lowest BCUT2D eigenvalue weighted by molar-refractivity contribution is 0.487. The van der Waals surface area contributed by atoms with Crippen LogP contribution in [0, 0.1) is 0 Å². The summed E-state index contributed by atoms with van der Waals surface area (Å²) in [5.74, 6) is 1.83. The summed E-state index contributed by atoms with van der Waals surface area (Å²) >= 11 is 0. The van der Waals surface area contributed by atoms with Crippen molar-refractivity contribution < 1.29 is 4.74 Å². The summed E-state index contributed by atoms with van der Waals surface area (Å²) in [5, 5.41) is 4.92. The van der Waals surface area contributed by atoms with Crippen LogP contribution >= 0.6 is 0 Å². The zero-order chi connectivity index (χ0) is 30.0. The number of para-hydroxylation sites is 1. The summed E-state index contributed by atoms with van der Waals surface area (Å²) in [7, 11) is 0. The van der Waals surface area contributed by atoms with Gasteiger partial charge in [-0.1, -0.05) is 121 Å². The van der Waals surface area contributed by atoms with Crippen LogP contribution in [0.5, 0.6) is 11.5 Å². The van der Waals surface area contributed by atoms with Crippen LogP contribution in [0.15, 0.2) is 158 Å². The molecule has 0 bridgehead atoms. The van der Waals surface area contributed by atoms with Crippen LogP contribution in [-0.2, 0) is 5.41 Å². The minimum absolute atomic E-state index is 0.437. The molecule has 0 N–H and O–H groups in total. The van der Waals surface area contributed by atoms with Gasteiger partial charge in [-0.05, 0) is 114 Å². The summed E-state index contributed by atoms with van der Waals surface area (Å²) in [4.78, 5) is 0. The Balaban J connectivity index is 1.29. The van der Waals surface area contributed by atoms with Crippen LogP contribution in [0.2, 0.25) is 0 Å². The number of hydrogen-bond acceptors (Lipinski definition) is 1. The highest BCUT2D eigenvalue weighted by molar-refractivity contribution is 6.08. The maximum atomic E-state index is 6.40. The number of benzene rings is 8. The Morgan fingerprint density at radius 3 is 1.76 bits per heavy atom. The molecule has 46 heavy (non-hydrogen) atoms. The molecule has 2 aliphatic carbocycles. The van der Waals surface area contributed by atoms with Gasteiger partial charge in [0.15, 0.2) is 0 Å². The summed E-state index contributed by atoms with van der Waals surface area (Å²) < 4.78 is 6.40. The zero-order valence-corrected chi connectivity index (χ0v) is 24.9. The van der Waals surface area contributed by atoms with Crippen LogP contribution in [-0.4, -0.2) is 0 Å². The lowest BCUT2D eigenvalue weighted by Gasteiger charge is -2.32. The third-order valence-corrected chi connectivity index (χ3v) is 10.6. The first-order chi connectivity index (χ1) is 22.8. The van der Waals surface area contributed by atoms with Gasteiger partial charge in [-0.2, -0.15) is 0 Å². The second-order valence-corrected chi connectivity index (χ2v) is 12.8. The Bertz CT molecular complexity index is 2630. The summed E-state index contributed by atoms with van der Waals surface area (Å²) in [6.45, 7) is 0. The number of fused-ring (bicyclic) bond motifs is 13. The van der Waals surface area contributed by atoms with Crippen molar-refractivity contribution in [3.05, 3.63) is 180 Å². The van der Waals surface area contributed by atoms with Crippen LogP contribution in [0.1, 0.15) is 22.3 Å². The van der Waals surface area contributed by atoms with Crippen molar-refractivity contribution in [3.8, 4) is 56.0 Å². The predicted molar refractivity (Wildman–Crippen MR) is 189 cm³/mol. The van der Waals surface area contributed by atoms with Crippen molar-refractivity contribution in [1.29, 1.82) is 0 Å². The Morgan fingerprint density at radius 1 is 0.348 bits per heavy atom. The van der Waals surface area contributed by atoms with Crippen molar-refractivity contribution in [2.24, 2.45) is 0 Å². The number of rotatable bonds is 1. The Hall–Kier alpha value is -5.92. The number of hydrogen-bond donors (Lipinski definition) is 0. The topological polar surface area (TPSA) is 9.23 Å². The van der Waals surface area contributed by atoms with E-state index >= 15 is 0 Å². The van der Waals surface area contributed by atoms with Crippen LogP contribution in [0.4, 0.5) is 0 Å². The molecular formula is C45H26O. The molecule has 0 saturated heterocycles.